The summed E-state index contributed by atoms with van der Waals surface area (Å²) in [5.74, 6) is -0.405. The van der Waals surface area contributed by atoms with E-state index in [4.69, 9.17) is 4.42 Å². The minimum atomic E-state index is -0.373. The first kappa shape index (κ1) is 11.1. The van der Waals surface area contributed by atoms with Crippen molar-refractivity contribution in [2.45, 2.75) is 0 Å². The van der Waals surface area contributed by atoms with E-state index in [0.717, 1.165) is 0 Å². The lowest BCUT2D eigenvalue weighted by Crippen LogP contribution is -1.95. The van der Waals surface area contributed by atoms with Gasteiger partial charge in [0, 0.05) is 12.3 Å². The molecule has 0 radical (unpaired) electrons. The Morgan fingerprint density at radius 1 is 1.24 bits per heavy atom. The second-order valence-electron chi connectivity index (χ2n) is 3.30. The monoisotopic (exact) mass is 231 g/mol. The molecule has 1 N–H and O–H groups in total. The molecule has 0 aliphatic rings. The van der Waals surface area contributed by atoms with Gasteiger partial charge in [-0.2, -0.15) is 0 Å². The molecular formula is C13H10FNO2. The Labute approximate surface area is 97.6 Å². The number of furan rings is 1. The van der Waals surface area contributed by atoms with Crippen molar-refractivity contribution < 1.29 is 13.6 Å². The number of allylic oxidation sites excluding steroid dienone is 1. The quantitative estimate of drug-likeness (QED) is 0.648. The molecule has 0 amide bonds. The molecule has 86 valence electrons. The van der Waals surface area contributed by atoms with Crippen LogP contribution in [0.5, 0.6) is 0 Å². The molecular weight excluding hydrogens is 221 g/mol. The average molecular weight is 231 g/mol. The average Bonchev–Trinajstić information content (AvgIpc) is 2.85. The van der Waals surface area contributed by atoms with E-state index in [1.807, 2.05) is 0 Å². The van der Waals surface area contributed by atoms with Gasteiger partial charge in [0.25, 0.3) is 0 Å². The Morgan fingerprint density at radius 2 is 2.06 bits per heavy atom. The van der Waals surface area contributed by atoms with Gasteiger partial charge in [0.1, 0.15) is 5.82 Å². The van der Waals surface area contributed by atoms with Gasteiger partial charge in [-0.25, -0.2) is 4.39 Å². The summed E-state index contributed by atoms with van der Waals surface area (Å²) in [6.45, 7) is 0. The summed E-state index contributed by atoms with van der Waals surface area (Å²) in [4.78, 5) is 11.5. The Kier molecular flexibility index (Phi) is 3.35. The van der Waals surface area contributed by atoms with Gasteiger partial charge in [0.15, 0.2) is 5.76 Å². The van der Waals surface area contributed by atoms with Crippen molar-refractivity contribution in [1.82, 2.24) is 0 Å². The van der Waals surface area contributed by atoms with Crippen LogP contribution in [0.15, 0.2) is 59.4 Å². The number of anilines is 1. The predicted octanol–water partition coefficient (Wildman–Crippen LogP) is 3.23. The fourth-order valence-corrected chi connectivity index (χ4v) is 1.29. The van der Waals surface area contributed by atoms with E-state index in [-0.39, 0.29) is 17.4 Å². The number of halogens is 1. The van der Waals surface area contributed by atoms with Crippen LogP contribution in [0.2, 0.25) is 0 Å². The van der Waals surface area contributed by atoms with Crippen LogP contribution in [-0.4, -0.2) is 5.78 Å². The standard InChI is InChI=1S/C13H10FNO2/c14-10-4-1-2-5-11(10)15-8-7-12(16)13-6-3-9-17-13/h1-9,15H/b8-7+. The highest BCUT2D eigenvalue weighted by Gasteiger charge is 2.03. The molecule has 1 heterocycles. The van der Waals surface area contributed by atoms with Gasteiger partial charge in [-0.05, 0) is 24.3 Å². The highest BCUT2D eigenvalue weighted by Crippen LogP contribution is 2.12. The number of nitrogens with one attached hydrogen (secondary N) is 1. The summed E-state index contributed by atoms with van der Waals surface area (Å²) in [6, 6.07) is 9.41. The fourth-order valence-electron chi connectivity index (χ4n) is 1.29. The smallest absolute Gasteiger partial charge is 0.222 e. The largest absolute Gasteiger partial charge is 0.461 e. The van der Waals surface area contributed by atoms with Gasteiger partial charge in [-0.1, -0.05) is 12.1 Å². The molecule has 4 heteroatoms. The van der Waals surface area contributed by atoms with Gasteiger partial charge in [0.05, 0.1) is 12.0 Å². The van der Waals surface area contributed by atoms with Crippen LogP contribution in [0, 0.1) is 5.82 Å². The third kappa shape index (κ3) is 2.81. The van der Waals surface area contributed by atoms with E-state index in [1.165, 1.54) is 24.6 Å². The van der Waals surface area contributed by atoms with Gasteiger partial charge in [-0.15, -0.1) is 0 Å². The number of para-hydroxylation sites is 1. The van der Waals surface area contributed by atoms with Gasteiger partial charge in [0.2, 0.25) is 5.78 Å². The maximum Gasteiger partial charge on any atom is 0.222 e. The molecule has 0 fully saturated rings. The normalized spacial score (nSPS) is 10.6. The highest BCUT2D eigenvalue weighted by atomic mass is 19.1. The lowest BCUT2D eigenvalue weighted by Gasteiger charge is -2.00. The van der Waals surface area contributed by atoms with Crippen LogP contribution in [-0.2, 0) is 0 Å². The van der Waals surface area contributed by atoms with Gasteiger partial charge in [-0.3, -0.25) is 4.79 Å². The lowest BCUT2D eigenvalue weighted by atomic mass is 10.3. The summed E-state index contributed by atoms with van der Waals surface area (Å²) in [5, 5.41) is 2.69. The first-order valence-corrected chi connectivity index (χ1v) is 5.03. The zero-order valence-corrected chi connectivity index (χ0v) is 8.89. The molecule has 17 heavy (non-hydrogen) atoms. The van der Waals surface area contributed by atoms with Crippen LogP contribution < -0.4 is 5.32 Å². The molecule has 2 rings (SSSR count). The maximum absolute atomic E-state index is 13.2. The topological polar surface area (TPSA) is 42.2 Å². The summed E-state index contributed by atoms with van der Waals surface area (Å²) in [6.07, 6.45) is 4.08. The summed E-state index contributed by atoms with van der Waals surface area (Å²) >= 11 is 0. The minimum absolute atomic E-state index is 0.247. The first-order chi connectivity index (χ1) is 8.27. The maximum atomic E-state index is 13.2. The molecule has 0 saturated carbocycles. The summed E-state index contributed by atoms with van der Waals surface area (Å²) in [7, 11) is 0. The Hall–Kier alpha value is -2.36. The Balaban J connectivity index is 1.99. The van der Waals surface area contributed by atoms with E-state index < -0.39 is 0 Å². The van der Waals surface area contributed by atoms with E-state index in [2.05, 4.69) is 5.32 Å². The molecule has 1 aromatic heterocycles. The van der Waals surface area contributed by atoms with Crippen molar-refractivity contribution in [2.24, 2.45) is 0 Å². The number of carbonyl (C=O) groups is 1. The van der Waals surface area contributed by atoms with E-state index in [0.29, 0.717) is 5.69 Å². The molecule has 2 aromatic rings. The summed E-state index contributed by atoms with van der Waals surface area (Å²) < 4.78 is 18.1. The zero-order chi connectivity index (χ0) is 12.1. The van der Waals surface area contributed by atoms with Gasteiger partial charge >= 0.3 is 0 Å². The van der Waals surface area contributed by atoms with Crippen LogP contribution in [0.4, 0.5) is 10.1 Å². The zero-order valence-electron chi connectivity index (χ0n) is 8.89. The number of rotatable bonds is 4. The van der Waals surface area contributed by atoms with Crippen LogP contribution in [0.1, 0.15) is 10.6 Å². The SMILES string of the molecule is O=C(/C=C/Nc1ccccc1F)c1ccco1. The summed E-state index contributed by atoms with van der Waals surface area (Å²) in [5.41, 5.74) is 0.316. The molecule has 1 aromatic carbocycles. The van der Waals surface area contributed by atoms with Crippen LogP contribution >= 0.6 is 0 Å². The molecule has 0 aliphatic carbocycles. The van der Waals surface area contributed by atoms with Crippen molar-refractivity contribution in [3.63, 3.8) is 0 Å². The number of hydrogen-bond acceptors (Lipinski definition) is 3. The van der Waals surface area contributed by atoms with Crippen LogP contribution in [0.3, 0.4) is 0 Å². The number of carbonyl (C=O) groups excluding carboxylic acids is 1. The second-order valence-corrected chi connectivity index (χ2v) is 3.30. The number of benzene rings is 1. The number of hydrogen-bond donors (Lipinski definition) is 1. The molecule has 0 saturated heterocycles. The van der Waals surface area contributed by atoms with Crippen LogP contribution in [0.25, 0.3) is 0 Å². The first-order valence-electron chi connectivity index (χ1n) is 5.03. The van der Waals surface area contributed by atoms with E-state index in [9.17, 15) is 9.18 Å². The molecule has 0 spiro atoms. The fraction of sp³-hybridized carbons (Fsp3) is 0. The lowest BCUT2D eigenvalue weighted by molar-refractivity contribution is 0.102. The van der Waals surface area contributed by atoms with E-state index in [1.54, 1.807) is 30.3 Å². The van der Waals surface area contributed by atoms with Crippen molar-refractivity contribution >= 4 is 11.5 Å². The Morgan fingerprint density at radius 3 is 2.76 bits per heavy atom. The van der Waals surface area contributed by atoms with Crippen molar-refractivity contribution in [2.75, 3.05) is 5.32 Å². The molecule has 0 atom stereocenters. The van der Waals surface area contributed by atoms with Crippen molar-refractivity contribution in [3.05, 3.63) is 66.5 Å². The molecule has 0 bridgehead atoms. The third-order valence-corrected chi connectivity index (χ3v) is 2.11. The molecule has 0 aliphatic heterocycles. The molecule has 0 unspecified atom stereocenters. The minimum Gasteiger partial charge on any atom is -0.461 e. The third-order valence-electron chi connectivity index (χ3n) is 2.11. The van der Waals surface area contributed by atoms with Crippen molar-refractivity contribution in [3.8, 4) is 0 Å². The highest BCUT2D eigenvalue weighted by molar-refractivity contribution is 6.02. The van der Waals surface area contributed by atoms with E-state index >= 15 is 0 Å². The van der Waals surface area contributed by atoms with Gasteiger partial charge < -0.3 is 9.73 Å². The molecule has 3 nitrogen and oxygen atoms in total. The predicted molar refractivity (Wildman–Crippen MR) is 62.2 cm³/mol. The second kappa shape index (κ2) is 5.12. The van der Waals surface area contributed by atoms with Crippen molar-refractivity contribution in [1.29, 1.82) is 0 Å². The Bertz CT molecular complexity index is 532. The number of ketones is 1.